The van der Waals surface area contributed by atoms with Gasteiger partial charge in [-0.2, -0.15) is 13.2 Å². The number of nitrogens with zero attached hydrogens (tertiary/aromatic N) is 1. The first-order valence-electron chi connectivity index (χ1n) is 6.29. The zero-order valence-corrected chi connectivity index (χ0v) is 11.0. The number of aryl methyl sites for hydroxylation is 2. The molecular formula is C15H13F3N2O. The van der Waals surface area contributed by atoms with Crippen molar-refractivity contribution in [3.05, 3.63) is 65.0 Å². The van der Waals surface area contributed by atoms with Crippen LogP contribution in [0.2, 0.25) is 0 Å². The van der Waals surface area contributed by atoms with Crippen molar-refractivity contribution in [2.75, 3.05) is 0 Å². The summed E-state index contributed by atoms with van der Waals surface area (Å²) in [6.45, 7) is 0. The Morgan fingerprint density at radius 2 is 1.71 bits per heavy atom. The highest BCUT2D eigenvalue weighted by molar-refractivity contribution is 5.94. The monoisotopic (exact) mass is 294 g/mol. The maximum Gasteiger partial charge on any atom is 0.434 e. The number of rotatable bonds is 4. The van der Waals surface area contributed by atoms with E-state index in [-0.39, 0.29) is 5.69 Å². The van der Waals surface area contributed by atoms with Crippen molar-refractivity contribution in [1.29, 1.82) is 0 Å². The molecule has 0 spiro atoms. The molecule has 0 unspecified atom stereocenters. The predicted octanol–water partition coefficient (Wildman–Crippen LogP) is 2.98. The van der Waals surface area contributed by atoms with E-state index in [2.05, 4.69) is 4.98 Å². The van der Waals surface area contributed by atoms with E-state index in [1.165, 1.54) is 6.07 Å². The fraction of sp³-hybridized carbons (Fsp3) is 0.200. The molecule has 0 fully saturated rings. The lowest BCUT2D eigenvalue weighted by Crippen LogP contribution is -2.21. The lowest BCUT2D eigenvalue weighted by molar-refractivity contribution is -0.141. The third-order valence-electron chi connectivity index (χ3n) is 3.00. The molecule has 1 aromatic heterocycles. The number of amides is 1. The summed E-state index contributed by atoms with van der Waals surface area (Å²) >= 11 is 0. The summed E-state index contributed by atoms with van der Waals surface area (Å²) in [5.74, 6) is -1.13. The molecule has 0 atom stereocenters. The summed E-state index contributed by atoms with van der Waals surface area (Å²) in [6.07, 6.45) is -3.78. The Hall–Kier alpha value is -2.37. The molecule has 21 heavy (non-hydrogen) atoms. The van der Waals surface area contributed by atoms with Crippen LogP contribution in [0, 0.1) is 0 Å². The first-order valence-corrected chi connectivity index (χ1v) is 6.29. The number of benzene rings is 1. The van der Waals surface area contributed by atoms with Gasteiger partial charge in [-0.25, -0.2) is 4.98 Å². The number of carbonyl (C=O) groups excluding carboxylic acids is 1. The summed E-state index contributed by atoms with van der Waals surface area (Å²) in [5, 5.41) is 0. The first kappa shape index (κ1) is 15.0. The van der Waals surface area contributed by atoms with Crippen LogP contribution < -0.4 is 5.73 Å². The summed E-state index contributed by atoms with van der Waals surface area (Å²) in [7, 11) is 0. The predicted molar refractivity (Wildman–Crippen MR) is 71.6 cm³/mol. The molecule has 0 saturated heterocycles. The largest absolute Gasteiger partial charge is 0.434 e. The van der Waals surface area contributed by atoms with Crippen molar-refractivity contribution >= 4 is 5.91 Å². The van der Waals surface area contributed by atoms with Gasteiger partial charge in [-0.15, -0.1) is 0 Å². The van der Waals surface area contributed by atoms with Gasteiger partial charge in [0.05, 0.1) is 5.56 Å². The van der Waals surface area contributed by atoms with E-state index >= 15 is 0 Å². The SMILES string of the molecule is NC(=O)c1ccc(CCc2ccccc2)nc1C(F)(F)F. The van der Waals surface area contributed by atoms with E-state index in [0.717, 1.165) is 11.6 Å². The van der Waals surface area contributed by atoms with Gasteiger partial charge in [-0.1, -0.05) is 30.3 Å². The van der Waals surface area contributed by atoms with Crippen molar-refractivity contribution < 1.29 is 18.0 Å². The molecule has 2 aromatic rings. The minimum atomic E-state index is -4.70. The second kappa shape index (κ2) is 5.95. The molecule has 1 amide bonds. The van der Waals surface area contributed by atoms with Gasteiger partial charge in [-0.05, 0) is 30.5 Å². The van der Waals surface area contributed by atoms with Crippen LogP contribution in [0.25, 0.3) is 0 Å². The van der Waals surface area contributed by atoms with Gasteiger partial charge in [0.1, 0.15) is 0 Å². The smallest absolute Gasteiger partial charge is 0.366 e. The van der Waals surface area contributed by atoms with E-state index in [1.54, 1.807) is 0 Å². The molecular weight excluding hydrogens is 281 g/mol. The summed E-state index contributed by atoms with van der Waals surface area (Å²) in [6, 6.07) is 11.9. The highest BCUT2D eigenvalue weighted by Gasteiger charge is 2.37. The number of nitrogens with two attached hydrogens (primary N) is 1. The Morgan fingerprint density at radius 1 is 1.05 bits per heavy atom. The maximum atomic E-state index is 12.9. The third kappa shape index (κ3) is 3.81. The lowest BCUT2D eigenvalue weighted by Gasteiger charge is -2.11. The van der Waals surface area contributed by atoms with Crippen LogP contribution in [-0.4, -0.2) is 10.9 Å². The normalized spacial score (nSPS) is 11.4. The number of aromatic nitrogens is 1. The number of halogens is 3. The van der Waals surface area contributed by atoms with E-state index in [1.807, 2.05) is 30.3 Å². The van der Waals surface area contributed by atoms with Gasteiger partial charge in [0.25, 0.3) is 5.91 Å². The zero-order chi connectivity index (χ0) is 15.5. The van der Waals surface area contributed by atoms with Gasteiger partial charge in [-0.3, -0.25) is 4.79 Å². The number of hydrogen-bond acceptors (Lipinski definition) is 2. The average molecular weight is 294 g/mol. The summed E-state index contributed by atoms with van der Waals surface area (Å²) < 4.78 is 38.6. The molecule has 0 saturated carbocycles. The lowest BCUT2D eigenvalue weighted by atomic mass is 10.1. The quantitative estimate of drug-likeness (QED) is 0.942. The van der Waals surface area contributed by atoms with Gasteiger partial charge < -0.3 is 5.73 Å². The highest BCUT2D eigenvalue weighted by atomic mass is 19.4. The van der Waals surface area contributed by atoms with E-state index in [4.69, 9.17) is 5.73 Å². The molecule has 1 aromatic carbocycles. The molecule has 0 aliphatic heterocycles. The number of alkyl halides is 3. The van der Waals surface area contributed by atoms with Gasteiger partial charge >= 0.3 is 6.18 Å². The fourth-order valence-corrected chi connectivity index (χ4v) is 1.97. The van der Waals surface area contributed by atoms with Crippen molar-refractivity contribution in [3.8, 4) is 0 Å². The highest BCUT2D eigenvalue weighted by Crippen LogP contribution is 2.30. The molecule has 2 N–H and O–H groups in total. The summed E-state index contributed by atoms with van der Waals surface area (Å²) in [4.78, 5) is 14.6. The molecule has 0 aliphatic carbocycles. The van der Waals surface area contributed by atoms with Crippen molar-refractivity contribution in [2.24, 2.45) is 5.73 Å². The second-order valence-electron chi connectivity index (χ2n) is 4.55. The molecule has 2 rings (SSSR count). The molecule has 6 heteroatoms. The fourth-order valence-electron chi connectivity index (χ4n) is 1.97. The molecule has 110 valence electrons. The van der Waals surface area contributed by atoms with Crippen LogP contribution in [0.15, 0.2) is 42.5 Å². The number of hydrogen-bond donors (Lipinski definition) is 1. The van der Waals surface area contributed by atoms with Crippen LogP contribution in [-0.2, 0) is 19.0 Å². The van der Waals surface area contributed by atoms with Crippen LogP contribution in [0.3, 0.4) is 0 Å². The Balaban J connectivity index is 2.24. The minimum Gasteiger partial charge on any atom is -0.366 e. The van der Waals surface area contributed by atoms with E-state index < -0.39 is 23.3 Å². The van der Waals surface area contributed by atoms with Gasteiger partial charge in [0.15, 0.2) is 5.69 Å². The number of primary amides is 1. The summed E-state index contributed by atoms with van der Waals surface area (Å²) in [5.41, 5.74) is 4.40. The molecule has 1 heterocycles. The first-order chi connectivity index (χ1) is 9.88. The van der Waals surface area contributed by atoms with E-state index in [9.17, 15) is 18.0 Å². The van der Waals surface area contributed by atoms with Crippen molar-refractivity contribution in [3.63, 3.8) is 0 Å². The average Bonchev–Trinajstić information content (AvgIpc) is 2.45. The molecule has 0 bridgehead atoms. The Kier molecular flexibility index (Phi) is 4.26. The van der Waals surface area contributed by atoms with Crippen LogP contribution in [0.4, 0.5) is 13.2 Å². The topological polar surface area (TPSA) is 56.0 Å². The van der Waals surface area contributed by atoms with E-state index in [0.29, 0.717) is 12.8 Å². The number of pyridine rings is 1. The second-order valence-corrected chi connectivity index (χ2v) is 4.55. The van der Waals surface area contributed by atoms with Crippen LogP contribution in [0.1, 0.15) is 27.3 Å². The Bertz CT molecular complexity index is 639. The van der Waals surface area contributed by atoms with Crippen LogP contribution in [0.5, 0.6) is 0 Å². The van der Waals surface area contributed by atoms with Crippen LogP contribution >= 0.6 is 0 Å². The number of carbonyl (C=O) groups is 1. The molecule has 0 radical (unpaired) electrons. The minimum absolute atomic E-state index is 0.274. The standard InChI is InChI=1S/C15H13F3N2O/c16-15(17,18)13-12(14(19)21)9-8-11(20-13)7-6-10-4-2-1-3-5-10/h1-5,8-9H,6-7H2,(H2,19,21). The maximum absolute atomic E-state index is 12.9. The van der Waals surface area contributed by atoms with Crippen molar-refractivity contribution in [2.45, 2.75) is 19.0 Å². The van der Waals surface area contributed by atoms with Gasteiger partial charge in [0, 0.05) is 5.69 Å². The van der Waals surface area contributed by atoms with Gasteiger partial charge in [0.2, 0.25) is 0 Å². The molecule has 0 aliphatic rings. The van der Waals surface area contributed by atoms with Crippen molar-refractivity contribution in [1.82, 2.24) is 4.98 Å². The Morgan fingerprint density at radius 3 is 2.29 bits per heavy atom. The third-order valence-corrected chi connectivity index (χ3v) is 3.00. The zero-order valence-electron chi connectivity index (χ0n) is 11.0. The molecule has 3 nitrogen and oxygen atoms in total. The Labute approximate surface area is 119 Å².